The van der Waals surface area contributed by atoms with Gasteiger partial charge in [-0.3, -0.25) is 0 Å². The van der Waals surface area contributed by atoms with E-state index in [-0.39, 0.29) is 11.4 Å². The van der Waals surface area contributed by atoms with Gasteiger partial charge < -0.3 is 9.53 Å². The molecule has 0 saturated carbocycles. The second-order valence-electron chi connectivity index (χ2n) is 3.96. The van der Waals surface area contributed by atoms with E-state index in [1.165, 1.54) is 0 Å². The maximum Gasteiger partial charge on any atom is 0.129 e. The van der Waals surface area contributed by atoms with Crippen molar-refractivity contribution in [2.24, 2.45) is 0 Å². The zero-order valence-corrected chi connectivity index (χ0v) is 9.35. The van der Waals surface area contributed by atoms with Crippen molar-refractivity contribution >= 4 is 5.78 Å². The summed E-state index contributed by atoms with van der Waals surface area (Å²) in [5.74, 6) is 0.273. The quantitative estimate of drug-likeness (QED) is 0.611. The molecule has 0 saturated heterocycles. The highest BCUT2D eigenvalue weighted by molar-refractivity contribution is 5.75. The Balaban J connectivity index is 3.76. The molecule has 0 aliphatic carbocycles. The fourth-order valence-corrected chi connectivity index (χ4v) is 1.57. The van der Waals surface area contributed by atoms with Gasteiger partial charge in [-0.05, 0) is 33.1 Å². The molecular weight excluding hydrogens is 164 g/mol. The van der Waals surface area contributed by atoms with Crippen molar-refractivity contribution in [3.05, 3.63) is 0 Å². The molecular formula is C11H22O2. The molecule has 0 fully saturated rings. The minimum absolute atomic E-state index is 0.0236. The van der Waals surface area contributed by atoms with Crippen molar-refractivity contribution < 1.29 is 9.53 Å². The van der Waals surface area contributed by atoms with Gasteiger partial charge in [0.15, 0.2) is 0 Å². The molecule has 0 bridgehead atoms. The molecule has 0 aromatic carbocycles. The van der Waals surface area contributed by atoms with Crippen LogP contribution in [-0.2, 0) is 9.53 Å². The number of carbonyl (C=O) groups is 1. The van der Waals surface area contributed by atoms with Crippen LogP contribution in [-0.4, -0.2) is 18.5 Å². The molecule has 13 heavy (non-hydrogen) atoms. The highest BCUT2D eigenvalue weighted by Crippen LogP contribution is 2.23. The van der Waals surface area contributed by atoms with E-state index in [0.29, 0.717) is 6.42 Å². The first-order chi connectivity index (χ1) is 6.04. The molecule has 0 spiro atoms. The van der Waals surface area contributed by atoms with E-state index in [0.717, 1.165) is 25.7 Å². The van der Waals surface area contributed by atoms with Gasteiger partial charge in [-0.25, -0.2) is 0 Å². The molecule has 0 aliphatic rings. The number of hydrogen-bond acceptors (Lipinski definition) is 2. The highest BCUT2D eigenvalue weighted by Gasteiger charge is 2.21. The zero-order valence-electron chi connectivity index (χ0n) is 9.35. The van der Waals surface area contributed by atoms with Gasteiger partial charge in [0.1, 0.15) is 5.78 Å². The summed E-state index contributed by atoms with van der Waals surface area (Å²) in [5.41, 5.74) is -0.0236. The van der Waals surface area contributed by atoms with Gasteiger partial charge in [0, 0.05) is 13.5 Å². The molecule has 1 unspecified atom stereocenters. The van der Waals surface area contributed by atoms with Crippen LogP contribution >= 0.6 is 0 Å². The normalized spacial score (nSPS) is 15.4. The average molecular weight is 186 g/mol. The standard InChI is InChI=1S/C11H22O2/c1-5-8-11(3,13-4)9-6-7-10(2)12/h5-9H2,1-4H3. The number of Topliss-reactive ketones (excluding diaryl/α,β-unsaturated/α-hetero) is 1. The summed E-state index contributed by atoms with van der Waals surface area (Å²) in [5, 5.41) is 0. The monoisotopic (exact) mass is 186 g/mol. The van der Waals surface area contributed by atoms with Crippen LogP contribution in [0.2, 0.25) is 0 Å². The van der Waals surface area contributed by atoms with Crippen molar-refractivity contribution in [3.8, 4) is 0 Å². The predicted octanol–water partition coefficient (Wildman–Crippen LogP) is 2.95. The topological polar surface area (TPSA) is 26.3 Å². The van der Waals surface area contributed by atoms with Gasteiger partial charge in [0.05, 0.1) is 5.60 Å². The molecule has 0 aromatic heterocycles. The SMILES string of the molecule is CCCC(C)(CCCC(C)=O)OC. The molecule has 78 valence electrons. The van der Waals surface area contributed by atoms with Crippen molar-refractivity contribution in [2.75, 3.05) is 7.11 Å². The molecule has 0 N–H and O–H groups in total. The lowest BCUT2D eigenvalue weighted by Gasteiger charge is -2.27. The summed E-state index contributed by atoms with van der Waals surface area (Å²) in [6.45, 7) is 5.92. The van der Waals surface area contributed by atoms with Gasteiger partial charge in [0.2, 0.25) is 0 Å². The Morgan fingerprint density at radius 1 is 1.38 bits per heavy atom. The lowest BCUT2D eigenvalue weighted by Crippen LogP contribution is -2.26. The van der Waals surface area contributed by atoms with Crippen LogP contribution in [0.1, 0.15) is 52.9 Å². The third-order valence-electron chi connectivity index (χ3n) is 2.51. The summed E-state index contributed by atoms with van der Waals surface area (Å²) in [7, 11) is 1.75. The van der Waals surface area contributed by atoms with Crippen molar-refractivity contribution in [3.63, 3.8) is 0 Å². The second kappa shape index (κ2) is 6.14. The average Bonchev–Trinajstić information content (AvgIpc) is 2.04. The Morgan fingerprint density at radius 3 is 2.38 bits per heavy atom. The molecule has 2 heteroatoms. The number of ketones is 1. The maximum absolute atomic E-state index is 10.7. The van der Waals surface area contributed by atoms with Crippen LogP contribution < -0.4 is 0 Å². The fraction of sp³-hybridized carbons (Fsp3) is 0.909. The van der Waals surface area contributed by atoms with Gasteiger partial charge in [-0.15, -0.1) is 0 Å². The minimum Gasteiger partial charge on any atom is -0.379 e. The Kier molecular flexibility index (Phi) is 5.97. The second-order valence-corrected chi connectivity index (χ2v) is 3.96. The predicted molar refractivity (Wildman–Crippen MR) is 54.9 cm³/mol. The first-order valence-electron chi connectivity index (χ1n) is 5.08. The van der Waals surface area contributed by atoms with E-state index in [4.69, 9.17) is 4.74 Å². The lowest BCUT2D eigenvalue weighted by molar-refractivity contribution is -0.117. The summed E-state index contributed by atoms with van der Waals surface area (Å²) in [6.07, 6.45) is 4.81. The zero-order chi connectivity index (χ0) is 10.3. The van der Waals surface area contributed by atoms with Gasteiger partial charge in [-0.2, -0.15) is 0 Å². The highest BCUT2D eigenvalue weighted by atomic mass is 16.5. The van der Waals surface area contributed by atoms with Crippen LogP contribution in [0, 0.1) is 0 Å². The van der Waals surface area contributed by atoms with Crippen LogP contribution in [0.4, 0.5) is 0 Å². The van der Waals surface area contributed by atoms with E-state index >= 15 is 0 Å². The summed E-state index contributed by atoms with van der Waals surface area (Å²) in [6, 6.07) is 0. The maximum atomic E-state index is 10.7. The molecule has 2 nitrogen and oxygen atoms in total. The smallest absolute Gasteiger partial charge is 0.129 e. The van der Waals surface area contributed by atoms with E-state index < -0.39 is 0 Å². The van der Waals surface area contributed by atoms with Gasteiger partial charge in [0.25, 0.3) is 0 Å². The number of rotatable bonds is 7. The summed E-state index contributed by atoms with van der Waals surface area (Å²) in [4.78, 5) is 10.7. The Hall–Kier alpha value is -0.370. The lowest BCUT2D eigenvalue weighted by atomic mass is 9.93. The van der Waals surface area contributed by atoms with E-state index in [1.807, 2.05) is 0 Å². The number of hydrogen-bond donors (Lipinski definition) is 0. The van der Waals surface area contributed by atoms with Gasteiger partial charge >= 0.3 is 0 Å². The molecule has 1 atom stereocenters. The fourth-order valence-electron chi connectivity index (χ4n) is 1.57. The van der Waals surface area contributed by atoms with Crippen molar-refractivity contribution in [1.82, 2.24) is 0 Å². The van der Waals surface area contributed by atoms with Crippen LogP contribution in [0.15, 0.2) is 0 Å². The number of ether oxygens (including phenoxy) is 1. The number of carbonyl (C=O) groups excluding carboxylic acids is 1. The largest absolute Gasteiger partial charge is 0.379 e. The third kappa shape index (κ3) is 5.81. The van der Waals surface area contributed by atoms with Crippen LogP contribution in [0.5, 0.6) is 0 Å². The molecule has 0 amide bonds. The Labute approximate surface area is 81.7 Å². The van der Waals surface area contributed by atoms with Gasteiger partial charge in [-0.1, -0.05) is 13.3 Å². The van der Waals surface area contributed by atoms with Crippen molar-refractivity contribution in [2.45, 2.75) is 58.5 Å². The van der Waals surface area contributed by atoms with Crippen LogP contribution in [0.25, 0.3) is 0 Å². The summed E-state index contributed by atoms with van der Waals surface area (Å²) >= 11 is 0. The van der Waals surface area contributed by atoms with Crippen LogP contribution in [0.3, 0.4) is 0 Å². The molecule has 0 aromatic rings. The van der Waals surface area contributed by atoms with Crippen molar-refractivity contribution in [1.29, 1.82) is 0 Å². The van der Waals surface area contributed by atoms with E-state index in [9.17, 15) is 4.79 Å². The Morgan fingerprint density at radius 2 is 2.00 bits per heavy atom. The molecule has 0 heterocycles. The number of methoxy groups -OCH3 is 1. The third-order valence-corrected chi connectivity index (χ3v) is 2.51. The van der Waals surface area contributed by atoms with E-state index in [1.54, 1.807) is 14.0 Å². The van der Waals surface area contributed by atoms with E-state index in [2.05, 4.69) is 13.8 Å². The molecule has 0 rings (SSSR count). The molecule has 0 radical (unpaired) electrons. The first-order valence-corrected chi connectivity index (χ1v) is 5.08. The Bertz CT molecular complexity index is 154. The first kappa shape index (κ1) is 12.6. The molecule has 0 aliphatic heterocycles. The minimum atomic E-state index is -0.0236. The summed E-state index contributed by atoms with van der Waals surface area (Å²) < 4.78 is 5.45.